The number of rotatable bonds is 8. The molecule has 2 aromatic rings. The van der Waals surface area contributed by atoms with Crippen molar-refractivity contribution in [3.63, 3.8) is 0 Å². The number of hydrogen-bond donors (Lipinski definition) is 3. The first kappa shape index (κ1) is 20.5. The van der Waals surface area contributed by atoms with Gasteiger partial charge in [-0.2, -0.15) is 0 Å². The van der Waals surface area contributed by atoms with Crippen LogP contribution in [0.15, 0.2) is 54.6 Å². The molecule has 0 aliphatic rings. The number of anilines is 2. The maximum Gasteiger partial charge on any atom is 0.319 e. The number of amides is 3. The molecule has 0 aromatic heterocycles. The summed E-state index contributed by atoms with van der Waals surface area (Å²) in [5.41, 5.74) is 2.68. The lowest BCUT2D eigenvalue weighted by Gasteiger charge is -2.15. The minimum Gasteiger partial charge on any atom is -0.335 e. The van der Waals surface area contributed by atoms with Crippen LogP contribution in [0.1, 0.15) is 39.2 Å². The van der Waals surface area contributed by atoms with E-state index in [1.807, 2.05) is 39.0 Å². The summed E-state index contributed by atoms with van der Waals surface area (Å²) < 4.78 is 0. The van der Waals surface area contributed by atoms with Crippen LogP contribution in [-0.2, 0) is 11.2 Å². The third-order valence-electron chi connectivity index (χ3n) is 4.11. The van der Waals surface area contributed by atoms with Crippen LogP contribution in [0.2, 0.25) is 0 Å². The summed E-state index contributed by atoms with van der Waals surface area (Å²) in [7, 11) is 0. The molecule has 1 unspecified atom stereocenters. The predicted molar refractivity (Wildman–Crippen MR) is 111 cm³/mol. The Balaban J connectivity index is 1.75. The fourth-order valence-corrected chi connectivity index (χ4v) is 2.71. The van der Waals surface area contributed by atoms with Crippen molar-refractivity contribution in [1.82, 2.24) is 5.32 Å². The molecule has 0 saturated heterocycles. The number of carbonyl (C=O) groups is 2. The SMILES string of the molecule is CC(C)CC(=O)Nc1ccc(NC(=O)NC(C)CCc2ccccc2)cc1. The first-order chi connectivity index (χ1) is 12.9. The number of nitrogens with one attached hydrogen (secondary N) is 3. The van der Waals surface area contributed by atoms with E-state index in [4.69, 9.17) is 0 Å². The van der Waals surface area contributed by atoms with Crippen molar-refractivity contribution in [3.8, 4) is 0 Å². The molecule has 0 saturated carbocycles. The Hall–Kier alpha value is -2.82. The van der Waals surface area contributed by atoms with Gasteiger partial charge in [0.25, 0.3) is 0 Å². The second kappa shape index (κ2) is 10.4. The van der Waals surface area contributed by atoms with Gasteiger partial charge in [-0.25, -0.2) is 4.79 Å². The fourth-order valence-electron chi connectivity index (χ4n) is 2.71. The lowest BCUT2D eigenvalue weighted by Crippen LogP contribution is -2.36. The highest BCUT2D eigenvalue weighted by atomic mass is 16.2. The first-order valence-corrected chi connectivity index (χ1v) is 9.43. The summed E-state index contributed by atoms with van der Waals surface area (Å²) in [6.07, 6.45) is 2.29. The van der Waals surface area contributed by atoms with Gasteiger partial charge in [0.15, 0.2) is 0 Å². The summed E-state index contributed by atoms with van der Waals surface area (Å²) in [6.45, 7) is 6.01. The van der Waals surface area contributed by atoms with Crippen LogP contribution in [0.25, 0.3) is 0 Å². The van der Waals surface area contributed by atoms with Crippen molar-refractivity contribution in [3.05, 3.63) is 60.2 Å². The second-order valence-corrected chi connectivity index (χ2v) is 7.25. The monoisotopic (exact) mass is 367 g/mol. The normalized spacial score (nSPS) is 11.7. The highest BCUT2D eigenvalue weighted by Gasteiger charge is 2.09. The van der Waals surface area contributed by atoms with Gasteiger partial charge in [0, 0.05) is 23.8 Å². The summed E-state index contributed by atoms with van der Waals surface area (Å²) in [6, 6.07) is 17.2. The molecule has 5 heteroatoms. The van der Waals surface area contributed by atoms with Crippen molar-refractivity contribution < 1.29 is 9.59 Å². The van der Waals surface area contributed by atoms with E-state index in [9.17, 15) is 9.59 Å². The van der Waals surface area contributed by atoms with Crippen molar-refractivity contribution in [2.75, 3.05) is 10.6 Å². The van der Waals surface area contributed by atoms with Crippen molar-refractivity contribution in [1.29, 1.82) is 0 Å². The predicted octanol–water partition coefficient (Wildman–Crippen LogP) is 4.81. The topological polar surface area (TPSA) is 70.2 Å². The van der Waals surface area contributed by atoms with Crippen molar-refractivity contribution in [2.45, 2.75) is 46.1 Å². The smallest absolute Gasteiger partial charge is 0.319 e. The van der Waals surface area contributed by atoms with Crippen LogP contribution in [0.4, 0.5) is 16.2 Å². The quantitative estimate of drug-likeness (QED) is 0.626. The molecule has 5 nitrogen and oxygen atoms in total. The summed E-state index contributed by atoms with van der Waals surface area (Å²) >= 11 is 0. The van der Waals surface area contributed by atoms with Gasteiger partial charge < -0.3 is 16.0 Å². The largest absolute Gasteiger partial charge is 0.335 e. The molecule has 27 heavy (non-hydrogen) atoms. The van der Waals surface area contributed by atoms with Gasteiger partial charge in [0.1, 0.15) is 0 Å². The lowest BCUT2D eigenvalue weighted by atomic mass is 10.1. The maximum atomic E-state index is 12.1. The Morgan fingerprint density at radius 1 is 0.852 bits per heavy atom. The first-order valence-electron chi connectivity index (χ1n) is 9.43. The van der Waals surface area contributed by atoms with Crippen LogP contribution in [0.3, 0.4) is 0 Å². The van der Waals surface area contributed by atoms with Gasteiger partial charge in [0.05, 0.1) is 0 Å². The fraction of sp³-hybridized carbons (Fsp3) is 0.364. The Labute approximate surface area is 161 Å². The van der Waals surface area contributed by atoms with Crippen molar-refractivity contribution in [2.24, 2.45) is 5.92 Å². The number of carbonyl (C=O) groups excluding carboxylic acids is 2. The molecule has 0 heterocycles. The Morgan fingerprint density at radius 3 is 2.04 bits per heavy atom. The highest BCUT2D eigenvalue weighted by molar-refractivity contribution is 5.92. The zero-order valence-electron chi connectivity index (χ0n) is 16.3. The Morgan fingerprint density at radius 2 is 1.44 bits per heavy atom. The summed E-state index contributed by atoms with van der Waals surface area (Å²) in [4.78, 5) is 23.9. The zero-order chi connectivity index (χ0) is 19.6. The zero-order valence-corrected chi connectivity index (χ0v) is 16.3. The highest BCUT2D eigenvalue weighted by Crippen LogP contribution is 2.14. The minimum atomic E-state index is -0.229. The number of benzene rings is 2. The summed E-state index contributed by atoms with van der Waals surface area (Å²) in [5.74, 6) is 0.314. The van der Waals surface area contributed by atoms with E-state index in [-0.39, 0.29) is 18.0 Å². The molecule has 0 bridgehead atoms. The molecule has 0 spiro atoms. The molecule has 3 N–H and O–H groups in total. The van der Waals surface area contributed by atoms with E-state index >= 15 is 0 Å². The molecular formula is C22H29N3O2. The molecule has 0 radical (unpaired) electrons. The second-order valence-electron chi connectivity index (χ2n) is 7.25. The van der Waals surface area contributed by atoms with Gasteiger partial charge in [-0.05, 0) is 55.5 Å². The molecule has 2 rings (SSSR count). The van der Waals surface area contributed by atoms with Crippen LogP contribution in [0.5, 0.6) is 0 Å². The maximum absolute atomic E-state index is 12.1. The van der Waals surface area contributed by atoms with Gasteiger partial charge in [0.2, 0.25) is 5.91 Å². The van der Waals surface area contributed by atoms with E-state index in [0.717, 1.165) is 18.5 Å². The molecule has 0 aliphatic heterocycles. The average molecular weight is 367 g/mol. The van der Waals surface area contributed by atoms with Crippen LogP contribution < -0.4 is 16.0 Å². The molecule has 2 aromatic carbocycles. The minimum absolute atomic E-state index is 0.00399. The molecule has 144 valence electrons. The van der Waals surface area contributed by atoms with E-state index < -0.39 is 0 Å². The van der Waals surface area contributed by atoms with Crippen LogP contribution in [0, 0.1) is 5.92 Å². The van der Waals surface area contributed by atoms with E-state index in [1.165, 1.54) is 5.56 Å². The Bertz CT molecular complexity index is 727. The number of hydrogen-bond acceptors (Lipinski definition) is 2. The van der Waals surface area contributed by atoms with Gasteiger partial charge in [-0.1, -0.05) is 44.2 Å². The average Bonchev–Trinajstić information content (AvgIpc) is 2.62. The van der Waals surface area contributed by atoms with Crippen molar-refractivity contribution >= 4 is 23.3 Å². The summed E-state index contributed by atoms with van der Waals surface area (Å²) in [5, 5.41) is 8.62. The molecule has 1 atom stereocenters. The molecule has 0 fully saturated rings. The third kappa shape index (κ3) is 7.94. The molecule has 0 aliphatic carbocycles. The van der Waals surface area contributed by atoms with Crippen LogP contribution >= 0.6 is 0 Å². The Kier molecular flexibility index (Phi) is 7.86. The van der Waals surface area contributed by atoms with E-state index in [0.29, 0.717) is 18.0 Å². The third-order valence-corrected chi connectivity index (χ3v) is 4.11. The van der Waals surface area contributed by atoms with Gasteiger partial charge in [-0.3, -0.25) is 4.79 Å². The van der Waals surface area contributed by atoms with Crippen LogP contribution in [-0.4, -0.2) is 18.0 Å². The number of aryl methyl sites for hydroxylation is 1. The standard InChI is InChI=1S/C22H29N3O2/c1-16(2)15-21(26)24-19-11-13-20(14-12-19)25-22(27)23-17(3)9-10-18-7-5-4-6-8-18/h4-8,11-14,16-17H,9-10,15H2,1-3H3,(H,24,26)(H2,23,25,27). The van der Waals surface area contributed by atoms with Gasteiger partial charge >= 0.3 is 6.03 Å². The molecular weight excluding hydrogens is 338 g/mol. The van der Waals surface area contributed by atoms with Gasteiger partial charge in [-0.15, -0.1) is 0 Å². The van der Waals surface area contributed by atoms with E-state index in [2.05, 4.69) is 28.1 Å². The molecule has 3 amide bonds. The number of urea groups is 1. The lowest BCUT2D eigenvalue weighted by molar-refractivity contribution is -0.116. The van der Waals surface area contributed by atoms with E-state index in [1.54, 1.807) is 24.3 Å².